The van der Waals surface area contributed by atoms with Gasteiger partial charge in [-0.25, -0.2) is 0 Å². The van der Waals surface area contributed by atoms with Crippen molar-refractivity contribution in [2.45, 2.75) is 19.3 Å². The lowest BCUT2D eigenvalue weighted by Gasteiger charge is -2.00. The highest BCUT2D eigenvalue weighted by Crippen LogP contribution is 1.91. The largest absolute Gasteiger partial charge is 0.317 e. The third-order valence-corrected chi connectivity index (χ3v) is 1.79. The second-order valence-electron chi connectivity index (χ2n) is 2.19. The van der Waals surface area contributed by atoms with E-state index in [-0.39, 0.29) is 6.67 Å². The molecule has 0 saturated carbocycles. The molecule has 0 atom stereocenters. The number of hydrogen-bond acceptors (Lipinski definition) is 1. The van der Waals surface area contributed by atoms with Gasteiger partial charge in [-0.15, -0.1) is 0 Å². The van der Waals surface area contributed by atoms with E-state index in [0.717, 1.165) is 18.4 Å². The molecule has 0 radical (unpaired) electrons. The van der Waals surface area contributed by atoms with Gasteiger partial charge in [0, 0.05) is 5.33 Å². The quantitative estimate of drug-likeness (QED) is 0.503. The van der Waals surface area contributed by atoms with E-state index in [4.69, 9.17) is 0 Å². The van der Waals surface area contributed by atoms with Gasteiger partial charge < -0.3 is 5.32 Å². The first-order valence-electron chi connectivity index (χ1n) is 3.74. The SMILES string of the molecule is FCCCNCCCCBr. The normalized spacial score (nSPS) is 10.2. The molecule has 0 rings (SSSR count). The van der Waals surface area contributed by atoms with E-state index in [1.54, 1.807) is 0 Å². The number of halogens is 2. The van der Waals surface area contributed by atoms with E-state index in [0.29, 0.717) is 6.42 Å². The fourth-order valence-corrected chi connectivity index (χ4v) is 1.06. The summed E-state index contributed by atoms with van der Waals surface area (Å²) in [6, 6.07) is 0. The van der Waals surface area contributed by atoms with Gasteiger partial charge in [0.05, 0.1) is 6.67 Å². The molecule has 0 heterocycles. The van der Waals surface area contributed by atoms with Crippen LogP contribution in [0.5, 0.6) is 0 Å². The molecule has 0 aromatic rings. The Hall–Kier alpha value is 0.370. The van der Waals surface area contributed by atoms with Crippen molar-refractivity contribution in [2.75, 3.05) is 25.1 Å². The van der Waals surface area contributed by atoms with Gasteiger partial charge in [-0.1, -0.05) is 15.9 Å². The number of alkyl halides is 2. The molecule has 0 fully saturated rings. The molecule has 0 saturated heterocycles. The summed E-state index contributed by atoms with van der Waals surface area (Å²) in [7, 11) is 0. The molecular weight excluding hydrogens is 197 g/mol. The highest BCUT2D eigenvalue weighted by molar-refractivity contribution is 9.09. The second kappa shape index (κ2) is 9.37. The van der Waals surface area contributed by atoms with Crippen LogP contribution in [0.3, 0.4) is 0 Å². The summed E-state index contributed by atoms with van der Waals surface area (Å²) in [5.74, 6) is 0. The molecule has 1 nitrogen and oxygen atoms in total. The van der Waals surface area contributed by atoms with Gasteiger partial charge in [0.15, 0.2) is 0 Å². The maximum Gasteiger partial charge on any atom is 0.0906 e. The summed E-state index contributed by atoms with van der Waals surface area (Å²) in [5.41, 5.74) is 0. The Labute approximate surface area is 70.5 Å². The monoisotopic (exact) mass is 211 g/mol. The maximum atomic E-state index is 11.5. The van der Waals surface area contributed by atoms with Crippen molar-refractivity contribution >= 4 is 15.9 Å². The van der Waals surface area contributed by atoms with Gasteiger partial charge in [-0.3, -0.25) is 4.39 Å². The van der Waals surface area contributed by atoms with Crippen LogP contribution < -0.4 is 5.32 Å². The first-order valence-corrected chi connectivity index (χ1v) is 4.86. The Morgan fingerprint density at radius 3 is 2.40 bits per heavy atom. The molecule has 62 valence electrons. The van der Waals surface area contributed by atoms with Crippen LogP contribution in [-0.4, -0.2) is 25.1 Å². The maximum absolute atomic E-state index is 11.5. The Morgan fingerprint density at radius 2 is 1.80 bits per heavy atom. The van der Waals surface area contributed by atoms with Crippen LogP contribution in [0.2, 0.25) is 0 Å². The van der Waals surface area contributed by atoms with E-state index in [9.17, 15) is 4.39 Å². The van der Waals surface area contributed by atoms with Gasteiger partial charge in [0.2, 0.25) is 0 Å². The number of hydrogen-bond donors (Lipinski definition) is 1. The highest BCUT2D eigenvalue weighted by atomic mass is 79.9. The molecule has 0 aliphatic heterocycles. The van der Waals surface area contributed by atoms with Gasteiger partial charge >= 0.3 is 0 Å². The first-order chi connectivity index (χ1) is 4.91. The number of nitrogens with one attached hydrogen (secondary N) is 1. The minimum Gasteiger partial charge on any atom is -0.317 e. The Bertz CT molecular complexity index is 53.6. The van der Waals surface area contributed by atoms with Gasteiger partial charge in [-0.05, 0) is 32.4 Å². The van der Waals surface area contributed by atoms with E-state index >= 15 is 0 Å². The zero-order chi connectivity index (χ0) is 7.66. The van der Waals surface area contributed by atoms with Crippen LogP contribution in [0.15, 0.2) is 0 Å². The van der Waals surface area contributed by atoms with Crippen LogP contribution >= 0.6 is 15.9 Å². The van der Waals surface area contributed by atoms with Crippen molar-refractivity contribution in [1.29, 1.82) is 0 Å². The molecular formula is C7H15BrFN. The fraction of sp³-hybridized carbons (Fsp3) is 1.00. The highest BCUT2D eigenvalue weighted by Gasteiger charge is 1.86. The van der Waals surface area contributed by atoms with E-state index in [2.05, 4.69) is 21.2 Å². The van der Waals surface area contributed by atoms with Crippen molar-refractivity contribution in [1.82, 2.24) is 5.32 Å². The van der Waals surface area contributed by atoms with Crippen molar-refractivity contribution in [3.05, 3.63) is 0 Å². The van der Waals surface area contributed by atoms with Crippen LogP contribution in [0, 0.1) is 0 Å². The van der Waals surface area contributed by atoms with Crippen molar-refractivity contribution < 1.29 is 4.39 Å². The fourth-order valence-electron chi connectivity index (χ4n) is 0.661. The van der Waals surface area contributed by atoms with Gasteiger partial charge in [0.25, 0.3) is 0 Å². The van der Waals surface area contributed by atoms with E-state index in [1.165, 1.54) is 12.8 Å². The average Bonchev–Trinajstić information content (AvgIpc) is 1.97. The Balaban J connectivity index is 2.65. The average molecular weight is 212 g/mol. The lowest BCUT2D eigenvalue weighted by Crippen LogP contribution is -2.17. The molecule has 10 heavy (non-hydrogen) atoms. The van der Waals surface area contributed by atoms with Gasteiger partial charge in [0.1, 0.15) is 0 Å². The summed E-state index contributed by atoms with van der Waals surface area (Å²) in [5, 5.41) is 4.23. The topological polar surface area (TPSA) is 12.0 Å². The third-order valence-electron chi connectivity index (χ3n) is 1.22. The molecule has 0 aromatic heterocycles. The molecule has 0 aliphatic rings. The molecule has 1 N–H and O–H groups in total. The Kier molecular flexibility index (Phi) is 9.72. The molecule has 0 spiro atoms. The van der Waals surface area contributed by atoms with Crippen molar-refractivity contribution in [3.63, 3.8) is 0 Å². The minimum atomic E-state index is -0.203. The van der Waals surface area contributed by atoms with E-state index < -0.39 is 0 Å². The summed E-state index contributed by atoms with van der Waals surface area (Å²) in [6.07, 6.45) is 3.02. The van der Waals surface area contributed by atoms with Crippen LogP contribution in [-0.2, 0) is 0 Å². The van der Waals surface area contributed by atoms with Crippen LogP contribution in [0.25, 0.3) is 0 Å². The van der Waals surface area contributed by atoms with Crippen LogP contribution in [0.1, 0.15) is 19.3 Å². The van der Waals surface area contributed by atoms with Crippen molar-refractivity contribution in [3.8, 4) is 0 Å². The molecule has 0 bridgehead atoms. The Morgan fingerprint density at radius 1 is 1.10 bits per heavy atom. The number of unbranched alkanes of at least 4 members (excludes halogenated alkanes) is 1. The summed E-state index contributed by atoms with van der Waals surface area (Å²) < 4.78 is 11.5. The van der Waals surface area contributed by atoms with Crippen molar-refractivity contribution in [2.24, 2.45) is 0 Å². The van der Waals surface area contributed by atoms with E-state index in [1.807, 2.05) is 0 Å². The minimum absolute atomic E-state index is 0.203. The molecule has 0 aliphatic carbocycles. The molecule has 0 unspecified atom stereocenters. The first kappa shape index (κ1) is 10.4. The summed E-state index contributed by atoms with van der Waals surface area (Å²) in [6.45, 7) is 1.63. The second-order valence-corrected chi connectivity index (χ2v) is 2.98. The standard InChI is InChI=1S/C7H15BrFN/c8-4-1-2-6-10-7-3-5-9/h10H,1-7H2. The zero-order valence-corrected chi connectivity index (χ0v) is 7.79. The van der Waals surface area contributed by atoms with Gasteiger partial charge in [-0.2, -0.15) is 0 Å². The van der Waals surface area contributed by atoms with Crippen LogP contribution in [0.4, 0.5) is 4.39 Å². The number of rotatable bonds is 7. The predicted octanol–water partition coefficient (Wildman–Crippen LogP) is 2.11. The molecule has 0 aromatic carbocycles. The summed E-state index contributed by atoms with van der Waals surface area (Å²) >= 11 is 3.34. The lowest BCUT2D eigenvalue weighted by atomic mass is 10.3. The lowest BCUT2D eigenvalue weighted by molar-refractivity contribution is 0.458. The molecule has 3 heteroatoms. The molecule has 0 amide bonds. The summed E-state index contributed by atoms with van der Waals surface area (Å²) in [4.78, 5) is 0. The predicted molar refractivity (Wildman–Crippen MR) is 46.5 cm³/mol. The zero-order valence-electron chi connectivity index (χ0n) is 6.21. The third kappa shape index (κ3) is 8.37. The smallest absolute Gasteiger partial charge is 0.0906 e.